The van der Waals surface area contributed by atoms with Gasteiger partial charge in [0, 0.05) is 11.8 Å². The first-order valence-electron chi connectivity index (χ1n) is 9.22. The van der Waals surface area contributed by atoms with Gasteiger partial charge < -0.3 is 19.9 Å². The van der Waals surface area contributed by atoms with Crippen LogP contribution >= 0.6 is 11.3 Å². The Balaban J connectivity index is 1.94. The summed E-state index contributed by atoms with van der Waals surface area (Å²) in [4.78, 5) is 21.8. The number of nitrogen functional groups attached to an aromatic ring is 1. The Bertz CT molecular complexity index is 1170. The first-order valence-corrected chi connectivity index (χ1v) is 10.0. The van der Waals surface area contributed by atoms with Crippen LogP contribution in [0, 0.1) is 11.3 Å². The van der Waals surface area contributed by atoms with Gasteiger partial charge in [-0.15, -0.1) is 11.3 Å². The molecule has 3 aromatic rings. The van der Waals surface area contributed by atoms with Gasteiger partial charge in [-0.2, -0.15) is 5.26 Å². The summed E-state index contributed by atoms with van der Waals surface area (Å²) in [6, 6.07) is 13.5. The number of fused-ring (bicyclic) bond motifs is 1. The van der Waals surface area contributed by atoms with Gasteiger partial charge in [0.25, 0.3) is 0 Å². The minimum atomic E-state index is -1.32. The van der Waals surface area contributed by atoms with E-state index in [1.807, 2.05) is 30.3 Å². The molecule has 3 heterocycles. The third-order valence-electron chi connectivity index (χ3n) is 4.69. The number of nitrogens with zero attached hydrogens (tertiary/aromatic N) is 3. The van der Waals surface area contributed by atoms with Crippen molar-refractivity contribution in [3.05, 3.63) is 64.6 Å². The van der Waals surface area contributed by atoms with Gasteiger partial charge in [0.2, 0.25) is 12.7 Å². The van der Waals surface area contributed by atoms with E-state index in [-0.39, 0.29) is 25.8 Å². The van der Waals surface area contributed by atoms with Crippen molar-refractivity contribution >= 4 is 33.5 Å². The fraction of sp³-hybridized carbons (Fsp3) is 0.238. The summed E-state index contributed by atoms with van der Waals surface area (Å²) in [7, 11) is 0. The lowest BCUT2D eigenvalue weighted by Gasteiger charge is -2.26. The molecule has 4 rings (SSSR count). The molecule has 0 bridgehead atoms. The number of carbonyl (C=O) groups is 1. The lowest BCUT2D eigenvalue weighted by Crippen LogP contribution is -2.32. The molecular formula is C21H18N4O4S. The molecule has 0 amide bonds. The number of esters is 1. The van der Waals surface area contributed by atoms with Crippen molar-refractivity contribution in [1.29, 1.82) is 5.26 Å². The zero-order chi connectivity index (χ0) is 21.1. The van der Waals surface area contributed by atoms with Crippen LogP contribution in [-0.2, 0) is 26.0 Å². The Morgan fingerprint density at radius 1 is 1.37 bits per heavy atom. The molecule has 1 atom stereocenters. The molecule has 0 spiro atoms. The van der Waals surface area contributed by atoms with Crippen LogP contribution in [-0.4, -0.2) is 29.3 Å². The van der Waals surface area contributed by atoms with E-state index >= 15 is 0 Å². The van der Waals surface area contributed by atoms with Crippen LogP contribution < -0.4 is 5.73 Å². The molecule has 9 heteroatoms. The molecule has 0 aliphatic carbocycles. The van der Waals surface area contributed by atoms with E-state index in [2.05, 4.69) is 16.0 Å². The van der Waals surface area contributed by atoms with E-state index in [1.54, 1.807) is 13.0 Å². The van der Waals surface area contributed by atoms with Crippen LogP contribution in [0.4, 0.5) is 5.95 Å². The molecule has 1 aliphatic heterocycles. The second-order valence-electron chi connectivity index (χ2n) is 6.57. The Labute approximate surface area is 176 Å². The summed E-state index contributed by atoms with van der Waals surface area (Å²) in [5.41, 5.74) is 5.93. The molecule has 2 N–H and O–H groups in total. The number of ether oxygens (including phenoxy) is 3. The van der Waals surface area contributed by atoms with Gasteiger partial charge in [-0.3, -0.25) is 0 Å². The van der Waals surface area contributed by atoms with Gasteiger partial charge in [-0.25, -0.2) is 14.8 Å². The molecule has 0 saturated carbocycles. The molecule has 0 radical (unpaired) electrons. The van der Waals surface area contributed by atoms with Crippen molar-refractivity contribution in [3.8, 4) is 6.07 Å². The first kappa shape index (κ1) is 19.7. The number of hydrogen-bond donors (Lipinski definition) is 1. The second-order valence-corrected chi connectivity index (χ2v) is 7.60. The fourth-order valence-corrected chi connectivity index (χ4v) is 4.30. The summed E-state index contributed by atoms with van der Waals surface area (Å²) < 4.78 is 16.0. The summed E-state index contributed by atoms with van der Waals surface area (Å²) in [5, 5.41) is 10.9. The highest BCUT2D eigenvalue weighted by atomic mass is 32.1. The maximum atomic E-state index is 12.3. The molecular weight excluding hydrogens is 404 g/mol. The highest BCUT2D eigenvalue weighted by Crippen LogP contribution is 2.42. The summed E-state index contributed by atoms with van der Waals surface area (Å²) in [5.74, 6) is -0.130. The monoisotopic (exact) mass is 422 g/mol. The molecule has 1 aliphatic rings. The molecule has 0 saturated heterocycles. The highest BCUT2D eigenvalue weighted by molar-refractivity contribution is 7.20. The third-order valence-corrected chi connectivity index (χ3v) is 5.70. The predicted molar refractivity (Wildman–Crippen MR) is 110 cm³/mol. The second kappa shape index (κ2) is 8.00. The van der Waals surface area contributed by atoms with Crippen molar-refractivity contribution in [3.63, 3.8) is 0 Å². The Morgan fingerprint density at radius 3 is 2.83 bits per heavy atom. The Kier molecular flexibility index (Phi) is 5.25. The van der Waals surface area contributed by atoms with Crippen LogP contribution in [0.15, 0.2) is 48.4 Å². The van der Waals surface area contributed by atoms with Crippen molar-refractivity contribution in [2.45, 2.75) is 18.8 Å². The number of rotatable bonds is 6. The Hall–Kier alpha value is -3.64. The quantitative estimate of drug-likeness (QED) is 0.601. The molecule has 1 aromatic carbocycles. The average Bonchev–Trinajstić information content (AvgIpc) is 3.43. The molecule has 2 aromatic heterocycles. The molecule has 1 unspecified atom stereocenters. The number of nitrogens with two attached hydrogens (primary N) is 1. The zero-order valence-corrected chi connectivity index (χ0v) is 16.9. The largest absolute Gasteiger partial charge is 0.462 e. The number of hydrogen-bond acceptors (Lipinski definition) is 9. The predicted octanol–water partition coefficient (Wildman–Crippen LogP) is 3.30. The third kappa shape index (κ3) is 3.42. The minimum absolute atomic E-state index is 0.00182. The van der Waals surface area contributed by atoms with E-state index in [4.69, 9.17) is 19.9 Å². The van der Waals surface area contributed by atoms with E-state index in [9.17, 15) is 10.1 Å². The standard InChI is InChI=1S/C21H18N4O4S/c1-2-28-19(26)15-8-14-17(24-20(23)25-18(14)30-15)21(11-22,16-10-27-12-29-16)9-13-6-4-3-5-7-13/h3-8,10H,2,9,12H2,1H3,(H2,23,24,25). The van der Waals surface area contributed by atoms with Crippen molar-refractivity contribution < 1.29 is 19.0 Å². The number of aromatic nitrogens is 2. The average molecular weight is 422 g/mol. The SMILES string of the molecule is CCOC(=O)c1cc2c(C(C#N)(Cc3ccccc3)C3=COCO3)nc(N)nc2s1. The number of benzene rings is 1. The number of carbonyl (C=O) groups excluding carboxylic acids is 1. The van der Waals surface area contributed by atoms with E-state index in [1.165, 1.54) is 6.26 Å². The number of anilines is 1. The fourth-order valence-electron chi connectivity index (χ4n) is 3.37. The maximum absolute atomic E-state index is 12.3. The number of allylic oxidation sites excluding steroid dienone is 1. The number of nitriles is 1. The van der Waals surface area contributed by atoms with Gasteiger partial charge in [0.15, 0.2) is 11.2 Å². The minimum Gasteiger partial charge on any atom is -0.462 e. The summed E-state index contributed by atoms with van der Waals surface area (Å²) >= 11 is 1.14. The van der Waals surface area contributed by atoms with Crippen LogP contribution in [0.2, 0.25) is 0 Å². The summed E-state index contributed by atoms with van der Waals surface area (Å²) in [6.07, 6.45) is 1.70. The van der Waals surface area contributed by atoms with E-state index in [0.717, 1.165) is 16.9 Å². The van der Waals surface area contributed by atoms with Gasteiger partial charge >= 0.3 is 5.97 Å². The molecule has 152 valence electrons. The van der Waals surface area contributed by atoms with Crippen LogP contribution in [0.3, 0.4) is 0 Å². The van der Waals surface area contributed by atoms with Crippen LogP contribution in [0.1, 0.15) is 27.9 Å². The van der Waals surface area contributed by atoms with Gasteiger partial charge in [0.1, 0.15) is 16.0 Å². The molecule has 30 heavy (non-hydrogen) atoms. The summed E-state index contributed by atoms with van der Waals surface area (Å²) in [6.45, 7) is 2.00. The van der Waals surface area contributed by atoms with Crippen LogP contribution in [0.25, 0.3) is 10.2 Å². The smallest absolute Gasteiger partial charge is 0.348 e. The van der Waals surface area contributed by atoms with Gasteiger partial charge in [0.05, 0.1) is 18.4 Å². The van der Waals surface area contributed by atoms with Crippen molar-refractivity contribution in [2.75, 3.05) is 19.1 Å². The number of thiophene rings is 1. The lowest BCUT2D eigenvalue weighted by atomic mass is 9.77. The van der Waals surface area contributed by atoms with Crippen molar-refractivity contribution in [1.82, 2.24) is 9.97 Å². The van der Waals surface area contributed by atoms with Gasteiger partial charge in [-0.1, -0.05) is 30.3 Å². The van der Waals surface area contributed by atoms with E-state index < -0.39 is 11.4 Å². The topological polar surface area (TPSA) is 120 Å². The molecule has 0 fully saturated rings. The maximum Gasteiger partial charge on any atom is 0.348 e. The zero-order valence-electron chi connectivity index (χ0n) is 16.1. The first-order chi connectivity index (χ1) is 14.6. The lowest BCUT2D eigenvalue weighted by molar-refractivity contribution is 0.0532. The highest BCUT2D eigenvalue weighted by Gasteiger charge is 2.44. The van der Waals surface area contributed by atoms with E-state index in [0.29, 0.717) is 26.5 Å². The van der Waals surface area contributed by atoms with Crippen molar-refractivity contribution in [2.24, 2.45) is 0 Å². The Morgan fingerprint density at radius 2 is 2.17 bits per heavy atom. The van der Waals surface area contributed by atoms with Gasteiger partial charge in [-0.05, 0) is 18.6 Å². The normalized spacial score (nSPS) is 14.9. The van der Waals surface area contributed by atoms with Crippen LogP contribution in [0.5, 0.6) is 0 Å². The molecule has 8 nitrogen and oxygen atoms in total.